The Labute approximate surface area is 126 Å². The van der Waals surface area contributed by atoms with E-state index in [1.54, 1.807) is 13.3 Å². The fourth-order valence-electron chi connectivity index (χ4n) is 2.62. The first-order valence-corrected chi connectivity index (χ1v) is 7.45. The molecule has 2 aromatic heterocycles. The Morgan fingerprint density at radius 1 is 1.38 bits per heavy atom. The molecule has 21 heavy (non-hydrogen) atoms. The number of ether oxygens (including phenoxy) is 1. The highest BCUT2D eigenvalue weighted by Gasteiger charge is 2.25. The molecule has 0 bridgehead atoms. The van der Waals surface area contributed by atoms with Crippen LogP contribution in [-0.2, 0) is 13.6 Å². The average molecular weight is 291 g/mol. The lowest BCUT2D eigenvalue weighted by atomic mass is 10.0. The second-order valence-corrected chi connectivity index (χ2v) is 5.14. The first-order valence-electron chi connectivity index (χ1n) is 7.45. The van der Waals surface area contributed by atoms with Gasteiger partial charge in [-0.1, -0.05) is 6.92 Å². The maximum atomic E-state index is 5.51. The molecule has 2 heterocycles. The zero-order valence-corrected chi connectivity index (χ0v) is 13.6. The molecule has 0 aliphatic heterocycles. The number of hydrogen-bond acceptors (Lipinski definition) is 4. The minimum atomic E-state index is 0.0380. The van der Waals surface area contributed by atoms with Crippen LogP contribution in [0.5, 0.6) is 5.75 Å². The van der Waals surface area contributed by atoms with E-state index in [0.717, 1.165) is 36.6 Å². The van der Waals surface area contributed by atoms with Gasteiger partial charge in [0.2, 0.25) is 0 Å². The van der Waals surface area contributed by atoms with Gasteiger partial charge in [-0.2, -0.15) is 10.2 Å². The van der Waals surface area contributed by atoms with Crippen LogP contribution in [0.1, 0.15) is 43.3 Å². The van der Waals surface area contributed by atoms with Crippen molar-refractivity contribution < 1.29 is 4.74 Å². The molecule has 0 saturated carbocycles. The van der Waals surface area contributed by atoms with E-state index < -0.39 is 0 Å². The van der Waals surface area contributed by atoms with Crippen molar-refractivity contribution in [2.45, 2.75) is 39.8 Å². The summed E-state index contributed by atoms with van der Waals surface area (Å²) in [6.07, 6.45) is 4.92. The van der Waals surface area contributed by atoms with Gasteiger partial charge in [0.1, 0.15) is 5.69 Å². The normalized spacial score (nSPS) is 12.6. The lowest BCUT2D eigenvalue weighted by molar-refractivity contribution is 0.398. The minimum Gasteiger partial charge on any atom is -0.493 e. The quantitative estimate of drug-likeness (QED) is 0.848. The molecule has 1 unspecified atom stereocenters. The topological polar surface area (TPSA) is 56.9 Å². The molecule has 0 aliphatic rings. The summed E-state index contributed by atoms with van der Waals surface area (Å²) in [5.74, 6) is 0.814. The average Bonchev–Trinajstić information content (AvgIpc) is 3.03. The summed E-state index contributed by atoms with van der Waals surface area (Å²) in [5, 5.41) is 12.5. The Balaban J connectivity index is 2.50. The molecule has 2 aromatic rings. The third kappa shape index (κ3) is 3.10. The molecule has 0 aromatic carbocycles. The highest BCUT2D eigenvalue weighted by Crippen LogP contribution is 2.31. The number of hydrogen-bond donors (Lipinski definition) is 1. The highest BCUT2D eigenvalue weighted by atomic mass is 16.5. The third-order valence-electron chi connectivity index (χ3n) is 3.60. The van der Waals surface area contributed by atoms with Gasteiger partial charge in [-0.3, -0.25) is 9.36 Å². The zero-order valence-electron chi connectivity index (χ0n) is 13.6. The molecule has 0 spiro atoms. The Morgan fingerprint density at radius 2 is 2.14 bits per heavy atom. The Bertz CT molecular complexity index is 565. The lowest BCUT2D eigenvalue weighted by Gasteiger charge is -2.20. The van der Waals surface area contributed by atoms with Crippen molar-refractivity contribution >= 4 is 0 Å². The number of aromatic nitrogens is 4. The second-order valence-electron chi connectivity index (χ2n) is 5.14. The minimum absolute atomic E-state index is 0.0380. The summed E-state index contributed by atoms with van der Waals surface area (Å²) < 4.78 is 9.34. The van der Waals surface area contributed by atoms with Gasteiger partial charge in [0.25, 0.3) is 0 Å². The van der Waals surface area contributed by atoms with Crippen molar-refractivity contribution in [1.29, 1.82) is 0 Å². The molecular formula is C15H25N5O. The SMILES string of the molecule is CCCNC(c1cn(C)nc1C)c1c(OC)cnn1CC. The van der Waals surface area contributed by atoms with Crippen molar-refractivity contribution in [3.8, 4) is 5.75 Å². The van der Waals surface area contributed by atoms with Gasteiger partial charge in [-0.25, -0.2) is 0 Å². The first kappa shape index (κ1) is 15.6. The monoisotopic (exact) mass is 291 g/mol. The van der Waals surface area contributed by atoms with Crippen LogP contribution >= 0.6 is 0 Å². The van der Waals surface area contributed by atoms with Crippen molar-refractivity contribution in [2.75, 3.05) is 13.7 Å². The number of rotatable bonds is 7. The van der Waals surface area contributed by atoms with Gasteiger partial charge in [0, 0.05) is 25.4 Å². The third-order valence-corrected chi connectivity index (χ3v) is 3.60. The molecule has 116 valence electrons. The van der Waals surface area contributed by atoms with Crippen LogP contribution in [0.4, 0.5) is 0 Å². The molecule has 0 aliphatic carbocycles. The van der Waals surface area contributed by atoms with E-state index in [-0.39, 0.29) is 6.04 Å². The number of methoxy groups -OCH3 is 1. The molecule has 0 radical (unpaired) electrons. The fraction of sp³-hybridized carbons (Fsp3) is 0.600. The van der Waals surface area contributed by atoms with E-state index in [4.69, 9.17) is 4.74 Å². The van der Waals surface area contributed by atoms with Crippen molar-refractivity contribution in [2.24, 2.45) is 7.05 Å². The van der Waals surface area contributed by atoms with Crippen LogP contribution in [-0.4, -0.2) is 33.2 Å². The summed E-state index contributed by atoms with van der Waals surface area (Å²) in [6.45, 7) is 8.02. The molecule has 0 amide bonds. The second kappa shape index (κ2) is 6.76. The molecular weight excluding hydrogens is 266 g/mol. The highest BCUT2D eigenvalue weighted by molar-refractivity contribution is 5.37. The summed E-state index contributed by atoms with van der Waals surface area (Å²) in [6, 6.07) is 0.0380. The number of nitrogens with one attached hydrogen (secondary N) is 1. The van der Waals surface area contributed by atoms with E-state index >= 15 is 0 Å². The van der Waals surface area contributed by atoms with Crippen LogP contribution in [0.2, 0.25) is 0 Å². The number of aryl methyl sites for hydroxylation is 3. The molecule has 0 saturated heterocycles. The van der Waals surface area contributed by atoms with Crippen molar-refractivity contribution in [3.63, 3.8) is 0 Å². The molecule has 1 N–H and O–H groups in total. The van der Waals surface area contributed by atoms with Crippen molar-refractivity contribution in [3.05, 3.63) is 29.3 Å². The van der Waals surface area contributed by atoms with Crippen LogP contribution in [0, 0.1) is 6.92 Å². The molecule has 1 atom stereocenters. The molecule has 2 rings (SSSR count). The zero-order chi connectivity index (χ0) is 15.4. The number of nitrogens with zero attached hydrogens (tertiary/aromatic N) is 4. The molecule has 0 fully saturated rings. The molecule has 6 nitrogen and oxygen atoms in total. The van der Waals surface area contributed by atoms with E-state index in [2.05, 4.69) is 35.6 Å². The van der Waals surface area contributed by atoms with Crippen LogP contribution < -0.4 is 10.1 Å². The Morgan fingerprint density at radius 3 is 2.67 bits per heavy atom. The summed E-state index contributed by atoms with van der Waals surface area (Å²) in [4.78, 5) is 0. The Hall–Kier alpha value is -1.82. The summed E-state index contributed by atoms with van der Waals surface area (Å²) in [7, 11) is 3.63. The largest absolute Gasteiger partial charge is 0.493 e. The smallest absolute Gasteiger partial charge is 0.161 e. The van der Waals surface area contributed by atoms with E-state index in [0.29, 0.717) is 0 Å². The van der Waals surface area contributed by atoms with Gasteiger partial charge in [-0.05, 0) is 26.8 Å². The van der Waals surface area contributed by atoms with Gasteiger partial charge in [0.05, 0.1) is 25.0 Å². The van der Waals surface area contributed by atoms with Gasteiger partial charge >= 0.3 is 0 Å². The maximum absolute atomic E-state index is 5.51. The van der Waals surface area contributed by atoms with Gasteiger partial charge < -0.3 is 10.1 Å². The predicted molar refractivity (Wildman–Crippen MR) is 82.5 cm³/mol. The van der Waals surface area contributed by atoms with Gasteiger partial charge in [0.15, 0.2) is 5.75 Å². The van der Waals surface area contributed by atoms with Crippen LogP contribution in [0.15, 0.2) is 12.4 Å². The fourth-order valence-corrected chi connectivity index (χ4v) is 2.62. The van der Waals surface area contributed by atoms with E-state index in [9.17, 15) is 0 Å². The lowest BCUT2D eigenvalue weighted by Crippen LogP contribution is -2.26. The van der Waals surface area contributed by atoms with Crippen LogP contribution in [0.3, 0.4) is 0 Å². The van der Waals surface area contributed by atoms with Gasteiger partial charge in [-0.15, -0.1) is 0 Å². The summed E-state index contributed by atoms with van der Waals surface area (Å²) in [5.41, 5.74) is 3.25. The van der Waals surface area contributed by atoms with E-state index in [1.807, 2.05) is 23.3 Å². The summed E-state index contributed by atoms with van der Waals surface area (Å²) >= 11 is 0. The van der Waals surface area contributed by atoms with Crippen molar-refractivity contribution in [1.82, 2.24) is 24.9 Å². The predicted octanol–water partition coefficient (Wildman–Crippen LogP) is 2.04. The Kier molecular flexibility index (Phi) is 5.01. The molecule has 6 heteroatoms. The maximum Gasteiger partial charge on any atom is 0.161 e. The van der Waals surface area contributed by atoms with Crippen LogP contribution in [0.25, 0.3) is 0 Å². The van der Waals surface area contributed by atoms with E-state index in [1.165, 1.54) is 5.56 Å². The first-order chi connectivity index (χ1) is 10.1. The standard InChI is InChI=1S/C15H25N5O/c1-6-8-16-14(12-10-19(4)18-11(12)3)15-13(21-5)9-17-20(15)7-2/h9-10,14,16H,6-8H2,1-5H3.